The molecule has 2 rings (SSSR count). The molecule has 1 aromatic heterocycles. The number of rotatable bonds is 14. The van der Waals surface area contributed by atoms with Crippen LogP contribution in [0.25, 0.3) is 11.3 Å². The molecular formula is C27H39NO2. The van der Waals surface area contributed by atoms with E-state index in [9.17, 15) is 4.79 Å². The van der Waals surface area contributed by atoms with Crippen molar-refractivity contribution in [1.29, 1.82) is 0 Å². The SMILES string of the molecule is CCCCCCCc1ccc(-c2ccc(C(=O)OC(C)CCCCCC)cc2)nc1. The van der Waals surface area contributed by atoms with Gasteiger partial charge in [-0.2, -0.15) is 0 Å². The van der Waals surface area contributed by atoms with Gasteiger partial charge in [-0.3, -0.25) is 4.98 Å². The van der Waals surface area contributed by atoms with Crippen molar-refractivity contribution in [3.05, 3.63) is 53.7 Å². The highest BCUT2D eigenvalue weighted by Crippen LogP contribution is 2.20. The molecule has 0 aliphatic rings. The van der Waals surface area contributed by atoms with Crippen LogP contribution in [0.5, 0.6) is 0 Å². The Balaban J connectivity index is 1.82. The van der Waals surface area contributed by atoms with Crippen LogP contribution >= 0.6 is 0 Å². The maximum atomic E-state index is 12.4. The number of hydrogen-bond donors (Lipinski definition) is 0. The monoisotopic (exact) mass is 409 g/mol. The average Bonchev–Trinajstić information content (AvgIpc) is 2.77. The molecular weight excluding hydrogens is 370 g/mol. The van der Waals surface area contributed by atoms with Crippen molar-refractivity contribution in [2.24, 2.45) is 0 Å². The van der Waals surface area contributed by atoms with Crippen molar-refractivity contribution in [2.45, 2.75) is 97.5 Å². The molecule has 0 spiro atoms. The molecule has 0 saturated carbocycles. The van der Waals surface area contributed by atoms with Crippen molar-refractivity contribution in [1.82, 2.24) is 4.98 Å². The molecule has 0 amide bonds. The van der Waals surface area contributed by atoms with Crippen LogP contribution in [0.3, 0.4) is 0 Å². The highest BCUT2D eigenvalue weighted by molar-refractivity contribution is 5.90. The number of unbranched alkanes of at least 4 members (excludes halogenated alkanes) is 7. The maximum absolute atomic E-state index is 12.4. The second-order valence-electron chi connectivity index (χ2n) is 8.36. The first kappa shape index (κ1) is 24.1. The van der Waals surface area contributed by atoms with Gasteiger partial charge in [-0.25, -0.2) is 4.79 Å². The summed E-state index contributed by atoms with van der Waals surface area (Å²) >= 11 is 0. The standard InChI is InChI=1S/C27H39NO2/c1-4-6-8-10-12-14-23-15-20-26(28-21-23)24-16-18-25(19-17-24)27(29)30-22(3)13-11-9-7-5-2/h15-22H,4-14H2,1-3H3. The average molecular weight is 410 g/mol. The van der Waals surface area contributed by atoms with Crippen molar-refractivity contribution >= 4 is 5.97 Å². The molecule has 0 fully saturated rings. The molecule has 3 nitrogen and oxygen atoms in total. The number of hydrogen-bond acceptors (Lipinski definition) is 3. The molecule has 3 heteroatoms. The number of pyridine rings is 1. The van der Waals surface area contributed by atoms with E-state index in [0.717, 1.165) is 30.5 Å². The van der Waals surface area contributed by atoms with Crippen LogP contribution in [0.2, 0.25) is 0 Å². The van der Waals surface area contributed by atoms with Crippen LogP contribution in [-0.2, 0) is 11.2 Å². The van der Waals surface area contributed by atoms with Crippen LogP contribution < -0.4 is 0 Å². The Morgan fingerprint density at radius 3 is 2.17 bits per heavy atom. The van der Waals surface area contributed by atoms with Crippen LogP contribution in [0.1, 0.15) is 101 Å². The summed E-state index contributed by atoms with van der Waals surface area (Å²) in [6.07, 6.45) is 15.2. The first-order chi connectivity index (χ1) is 14.6. The van der Waals surface area contributed by atoms with E-state index in [1.807, 2.05) is 37.4 Å². The zero-order valence-electron chi connectivity index (χ0n) is 19.2. The first-order valence-electron chi connectivity index (χ1n) is 11.9. The Bertz CT molecular complexity index is 722. The highest BCUT2D eigenvalue weighted by Gasteiger charge is 2.12. The predicted molar refractivity (Wildman–Crippen MR) is 126 cm³/mol. The lowest BCUT2D eigenvalue weighted by Gasteiger charge is -2.13. The molecule has 1 aromatic carbocycles. The van der Waals surface area contributed by atoms with Crippen molar-refractivity contribution < 1.29 is 9.53 Å². The summed E-state index contributed by atoms with van der Waals surface area (Å²) in [5.41, 5.74) is 3.86. The lowest BCUT2D eigenvalue weighted by atomic mass is 10.0. The molecule has 1 heterocycles. The zero-order valence-corrected chi connectivity index (χ0v) is 19.2. The summed E-state index contributed by atoms with van der Waals surface area (Å²) in [5, 5.41) is 0. The summed E-state index contributed by atoms with van der Waals surface area (Å²) in [5.74, 6) is -0.240. The van der Waals surface area contributed by atoms with Gasteiger partial charge in [0.25, 0.3) is 0 Å². The smallest absolute Gasteiger partial charge is 0.338 e. The van der Waals surface area contributed by atoms with Crippen molar-refractivity contribution in [2.75, 3.05) is 0 Å². The maximum Gasteiger partial charge on any atom is 0.338 e. The minimum atomic E-state index is -0.240. The van der Waals surface area contributed by atoms with Gasteiger partial charge in [0.15, 0.2) is 0 Å². The summed E-state index contributed by atoms with van der Waals surface area (Å²) in [4.78, 5) is 17.0. The van der Waals surface area contributed by atoms with Gasteiger partial charge in [0.2, 0.25) is 0 Å². The van der Waals surface area contributed by atoms with E-state index < -0.39 is 0 Å². The van der Waals surface area contributed by atoms with E-state index in [0.29, 0.717) is 5.56 Å². The minimum absolute atomic E-state index is 0.0368. The fourth-order valence-electron chi connectivity index (χ4n) is 3.62. The Morgan fingerprint density at radius 2 is 1.53 bits per heavy atom. The number of ether oxygens (including phenoxy) is 1. The molecule has 0 aliphatic heterocycles. The molecule has 0 saturated heterocycles. The normalized spacial score (nSPS) is 12.0. The molecule has 0 aliphatic carbocycles. The summed E-state index contributed by atoms with van der Waals surface area (Å²) in [6.45, 7) is 6.42. The van der Waals surface area contributed by atoms with Crippen LogP contribution in [-0.4, -0.2) is 17.1 Å². The Labute approximate surface area is 183 Å². The van der Waals surface area contributed by atoms with Gasteiger partial charge in [0, 0.05) is 11.8 Å². The van der Waals surface area contributed by atoms with Crippen LogP contribution in [0.4, 0.5) is 0 Å². The molecule has 1 unspecified atom stereocenters. The van der Waals surface area contributed by atoms with Gasteiger partial charge in [-0.05, 0) is 56.4 Å². The van der Waals surface area contributed by atoms with Crippen molar-refractivity contribution in [3.63, 3.8) is 0 Å². The summed E-state index contributed by atoms with van der Waals surface area (Å²) in [7, 11) is 0. The molecule has 30 heavy (non-hydrogen) atoms. The second kappa shape index (κ2) is 14.0. The third-order valence-corrected chi connectivity index (χ3v) is 5.58. The van der Waals surface area contributed by atoms with E-state index in [1.54, 1.807) is 0 Å². The Morgan fingerprint density at radius 1 is 0.867 bits per heavy atom. The van der Waals surface area contributed by atoms with Gasteiger partial charge in [-0.15, -0.1) is 0 Å². The number of benzene rings is 1. The Kier molecular flexibility index (Phi) is 11.2. The molecule has 2 aromatic rings. The van der Waals surface area contributed by atoms with E-state index in [1.165, 1.54) is 56.9 Å². The number of aryl methyl sites for hydroxylation is 1. The van der Waals surface area contributed by atoms with Gasteiger partial charge in [0.1, 0.15) is 0 Å². The van der Waals surface area contributed by atoms with Gasteiger partial charge in [0.05, 0.1) is 17.4 Å². The van der Waals surface area contributed by atoms with E-state index in [-0.39, 0.29) is 12.1 Å². The topological polar surface area (TPSA) is 39.2 Å². The predicted octanol–water partition coefficient (Wildman–Crippen LogP) is 7.78. The number of carbonyl (C=O) groups is 1. The van der Waals surface area contributed by atoms with Gasteiger partial charge < -0.3 is 4.74 Å². The number of esters is 1. The van der Waals surface area contributed by atoms with E-state index in [2.05, 4.69) is 31.0 Å². The van der Waals surface area contributed by atoms with E-state index >= 15 is 0 Å². The second-order valence-corrected chi connectivity index (χ2v) is 8.36. The molecule has 164 valence electrons. The third-order valence-electron chi connectivity index (χ3n) is 5.58. The minimum Gasteiger partial charge on any atom is -0.459 e. The van der Waals surface area contributed by atoms with Gasteiger partial charge >= 0.3 is 5.97 Å². The van der Waals surface area contributed by atoms with Gasteiger partial charge in [-0.1, -0.05) is 77.0 Å². The Hall–Kier alpha value is -2.16. The third kappa shape index (κ3) is 8.69. The fraction of sp³-hybridized carbons (Fsp3) is 0.556. The van der Waals surface area contributed by atoms with Crippen molar-refractivity contribution in [3.8, 4) is 11.3 Å². The highest BCUT2D eigenvalue weighted by atomic mass is 16.5. The van der Waals surface area contributed by atoms with Crippen LogP contribution in [0, 0.1) is 0 Å². The number of carbonyl (C=O) groups excluding carboxylic acids is 1. The quantitative estimate of drug-likeness (QED) is 0.236. The summed E-state index contributed by atoms with van der Waals surface area (Å²) < 4.78 is 5.59. The molecule has 0 bridgehead atoms. The molecule has 0 radical (unpaired) electrons. The lowest BCUT2D eigenvalue weighted by Crippen LogP contribution is -2.15. The largest absolute Gasteiger partial charge is 0.459 e. The fourth-order valence-corrected chi connectivity index (χ4v) is 3.62. The zero-order chi connectivity index (χ0) is 21.6. The first-order valence-corrected chi connectivity index (χ1v) is 11.9. The lowest BCUT2D eigenvalue weighted by molar-refractivity contribution is 0.0319. The van der Waals surface area contributed by atoms with E-state index in [4.69, 9.17) is 4.74 Å². The molecule has 1 atom stereocenters. The summed E-state index contributed by atoms with van der Waals surface area (Å²) in [6, 6.07) is 11.8. The number of aromatic nitrogens is 1. The number of nitrogens with zero attached hydrogens (tertiary/aromatic N) is 1. The molecule has 0 N–H and O–H groups in total. The van der Waals surface area contributed by atoms with Crippen LogP contribution in [0.15, 0.2) is 42.6 Å².